The molecule has 5 nitrogen and oxygen atoms in total. The van der Waals surface area contributed by atoms with E-state index in [0.717, 1.165) is 24.5 Å². The van der Waals surface area contributed by atoms with E-state index in [9.17, 15) is 4.39 Å². The van der Waals surface area contributed by atoms with Gasteiger partial charge in [-0.2, -0.15) is 0 Å². The predicted molar refractivity (Wildman–Crippen MR) is 71.5 cm³/mol. The second-order valence-corrected chi connectivity index (χ2v) is 4.95. The van der Waals surface area contributed by atoms with Crippen molar-refractivity contribution in [2.24, 2.45) is 0 Å². The van der Waals surface area contributed by atoms with E-state index in [1.165, 1.54) is 23.6 Å². The smallest absolute Gasteiger partial charge is 0.149 e. The molecule has 2 heterocycles. The van der Waals surface area contributed by atoms with Crippen LogP contribution in [0.15, 0.2) is 18.5 Å². The molecule has 19 heavy (non-hydrogen) atoms. The highest BCUT2D eigenvalue weighted by molar-refractivity contribution is 7.14. The summed E-state index contributed by atoms with van der Waals surface area (Å²) in [5.41, 5.74) is 0.663. The van der Waals surface area contributed by atoms with E-state index in [4.69, 9.17) is 4.74 Å². The summed E-state index contributed by atoms with van der Waals surface area (Å²) in [5, 5.41) is 13.0. The first kappa shape index (κ1) is 14.0. The fourth-order valence-corrected chi connectivity index (χ4v) is 2.31. The van der Waals surface area contributed by atoms with Crippen LogP contribution in [0.25, 0.3) is 10.6 Å². The standard InChI is InChI=1S/C12H15FN4OS/c1-18-5-4-14-3-2-11-16-17-12(19-11)9-6-10(13)8-15-7-9/h6-8,14H,2-5H2,1H3. The van der Waals surface area contributed by atoms with Crippen LogP contribution in [0.4, 0.5) is 4.39 Å². The largest absolute Gasteiger partial charge is 0.383 e. The van der Waals surface area contributed by atoms with E-state index in [0.29, 0.717) is 17.2 Å². The number of rotatable bonds is 7. The van der Waals surface area contributed by atoms with E-state index in [1.54, 1.807) is 13.3 Å². The lowest BCUT2D eigenvalue weighted by Gasteiger charge is -2.00. The van der Waals surface area contributed by atoms with Crippen molar-refractivity contribution in [2.45, 2.75) is 6.42 Å². The van der Waals surface area contributed by atoms with Crippen LogP contribution in [0.3, 0.4) is 0 Å². The van der Waals surface area contributed by atoms with Gasteiger partial charge in [0.2, 0.25) is 0 Å². The van der Waals surface area contributed by atoms with Crippen molar-refractivity contribution >= 4 is 11.3 Å². The Balaban J connectivity index is 1.88. The van der Waals surface area contributed by atoms with Gasteiger partial charge in [0, 0.05) is 38.4 Å². The summed E-state index contributed by atoms with van der Waals surface area (Å²) in [4.78, 5) is 3.80. The summed E-state index contributed by atoms with van der Waals surface area (Å²) in [6.07, 6.45) is 3.56. The Morgan fingerprint density at radius 3 is 3.00 bits per heavy atom. The zero-order chi connectivity index (χ0) is 13.5. The van der Waals surface area contributed by atoms with Crippen LogP contribution in [0.2, 0.25) is 0 Å². The summed E-state index contributed by atoms with van der Waals surface area (Å²) >= 11 is 1.46. The molecule has 0 amide bonds. The number of halogens is 1. The van der Waals surface area contributed by atoms with Crippen molar-refractivity contribution in [1.82, 2.24) is 20.5 Å². The lowest BCUT2D eigenvalue weighted by Crippen LogP contribution is -2.21. The van der Waals surface area contributed by atoms with Crippen molar-refractivity contribution in [3.63, 3.8) is 0 Å². The number of pyridine rings is 1. The number of methoxy groups -OCH3 is 1. The SMILES string of the molecule is COCCNCCc1nnc(-c2cncc(F)c2)s1. The number of hydrogen-bond acceptors (Lipinski definition) is 6. The van der Waals surface area contributed by atoms with E-state index in [1.807, 2.05) is 0 Å². The number of aromatic nitrogens is 3. The summed E-state index contributed by atoms with van der Waals surface area (Å²) < 4.78 is 18.0. The molecule has 0 spiro atoms. The number of hydrogen-bond donors (Lipinski definition) is 1. The Morgan fingerprint density at radius 2 is 2.21 bits per heavy atom. The normalized spacial score (nSPS) is 10.8. The van der Waals surface area contributed by atoms with Crippen molar-refractivity contribution in [2.75, 3.05) is 26.8 Å². The highest BCUT2D eigenvalue weighted by Gasteiger charge is 2.07. The maximum Gasteiger partial charge on any atom is 0.149 e. The highest BCUT2D eigenvalue weighted by atomic mass is 32.1. The van der Waals surface area contributed by atoms with E-state index in [2.05, 4.69) is 20.5 Å². The molecule has 7 heteroatoms. The number of nitrogens with one attached hydrogen (secondary N) is 1. The summed E-state index contributed by atoms with van der Waals surface area (Å²) in [7, 11) is 1.67. The molecule has 0 aliphatic heterocycles. The van der Waals surface area contributed by atoms with Crippen molar-refractivity contribution < 1.29 is 9.13 Å². The second-order valence-electron chi connectivity index (χ2n) is 3.89. The molecule has 0 radical (unpaired) electrons. The molecule has 0 bridgehead atoms. The molecule has 2 aromatic heterocycles. The monoisotopic (exact) mass is 282 g/mol. The van der Waals surface area contributed by atoms with Crippen molar-refractivity contribution in [3.05, 3.63) is 29.3 Å². The van der Waals surface area contributed by atoms with E-state index < -0.39 is 0 Å². The van der Waals surface area contributed by atoms with Crippen LogP contribution in [-0.4, -0.2) is 42.0 Å². The third-order valence-electron chi connectivity index (χ3n) is 2.42. The topological polar surface area (TPSA) is 59.9 Å². The molecule has 0 fully saturated rings. The highest BCUT2D eigenvalue weighted by Crippen LogP contribution is 2.23. The molecule has 2 rings (SSSR count). The Labute approximate surface area is 114 Å². The van der Waals surface area contributed by atoms with Gasteiger partial charge in [-0.25, -0.2) is 4.39 Å². The molecule has 0 atom stereocenters. The fourth-order valence-electron chi connectivity index (χ4n) is 1.49. The van der Waals surface area contributed by atoms with Crippen LogP contribution in [0, 0.1) is 5.82 Å². The Kier molecular flexibility index (Phi) is 5.31. The quantitative estimate of drug-likeness (QED) is 0.780. The molecular weight excluding hydrogens is 267 g/mol. The minimum absolute atomic E-state index is 0.365. The molecule has 102 valence electrons. The zero-order valence-electron chi connectivity index (χ0n) is 10.6. The minimum Gasteiger partial charge on any atom is -0.383 e. The lowest BCUT2D eigenvalue weighted by molar-refractivity contribution is 0.199. The lowest BCUT2D eigenvalue weighted by atomic mass is 10.3. The average molecular weight is 282 g/mol. The van der Waals surface area contributed by atoms with Gasteiger partial charge in [0.05, 0.1) is 12.8 Å². The van der Waals surface area contributed by atoms with Gasteiger partial charge in [-0.05, 0) is 6.07 Å². The summed E-state index contributed by atoms with van der Waals surface area (Å²) in [6, 6.07) is 1.41. The maximum absolute atomic E-state index is 13.1. The van der Waals surface area contributed by atoms with Gasteiger partial charge < -0.3 is 10.1 Å². The maximum atomic E-state index is 13.1. The minimum atomic E-state index is -0.365. The molecule has 2 aromatic rings. The Bertz CT molecular complexity index is 520. The predicted octanol–water partition coefficient (Wildman–Crippen LogP) is 1.52. The fraction of sp³-hybridized carbons (Fsp3) is 0.417. The first-order chi connectivity index (χ1) is 9.29. The first-order valence-corrected chi connectivity index (χ1v) is 6.74. The molecule has 0 aliphatic carbocycles. The number of ether oxygens (including phenoxy) is 1. The van der Waals surface area contributed by atoms with E-state index in [-0.39, 0.29) is 5.82 Å². The van der Waals surface area contributed by atoms with Crippen LogP contribution >= 0.6 is 11.3 Å². The zero-order valence-corrected chi connectivity index (χ0v) is 11.4. The molecule has 0 unspecified atom stereocenters. The molecule has 0 aromatic carbocycles. The molecular formula is C12H15FN4OS. The first-order valence-electron chi connectivity index (χ1n) is 5.92. The van der Waals surface area contributed by atoms with Gasteiger partial charge in [0.25, 0.3) is 0 Å². The van der Waals surface area contributed by atoms with Gasteiger partial charge in [0.15, 0.2) is 0 Å². The second kappa shape index (κ2) is 7.22. The van der Waals surface area contributed by atoms with Crippen LogP contribution in [0.1, 0.15) is 5.01 Å². The van der Waals surface area contributed by atoms with Gasteiger partial charge in [-0.1, -0.05) is 11.3 Å². The van der Waals surface area contributed by atoms with Crippen molar-refractivity contribution in [1.29, 1.82) is 0 Å². The van der Waals surface area contributed by atoms with Crippen LogP contribution < -0.4 is 5.32 Å². The molecule has 1 N–H and O–H groups in total. The van der Waals surface area contributed by atoms with Gasteiger partial charge in [0.1, 0.15) is 15.8 Å². The average Bonchev–Trinajstić information content (AvgIpc) is 2.87. The van der Waals surface area contributed by atoms with Gasteiger partial charge in [-0.15, -0.1) is 10.2 Å². The Hall–Kier alpha value is -1.44. The molecule has 0 saturated heterocycles. The Morgan fingerprint density at radius 1 is 1.32 bits per heavy atom. The third kappa shape index (κ3) is 4.30. The molecule has 0 saturated carbocycles. The summed E-state index contributed by atoms with van der Waals surface area (Å²) in [5.74, 6) is -0.365. The third-order valence-corrected chi connectivity index (χ3v) is 3.45. The van der Waals surface area contributed by atoms with E-state index >= 15 is 0 Å². The number of nitrogens with zero attached hydrogens (tertiary/aromatic N) is 3. The van der Waals surface area contributed by atoms with Crippen molar-refractivity contribution in [3.8, 4) is 10.6 Å². The van der Waals surface area contributed by atoms with Gasteiger partial charge in [-0.3, -0.25) is 4.98 Å². The summed E-state index contributed by atoms with van der Waals surface area (Å²) in [6.45, 7) is 2.33. The van der Waals surface area contributed by atoms with Gasteiger partial charge >= 0.3 is 0 Å². The molecule has 0 aliphatic rings. The van der Waals surface area contributed by atoms with Crippen LogP contribution in [0.5, 0.6) is 0 Å². The van der Waals surface area contributed by atoms with Crippen LogP contribution in [-0.2, 0) is 11.2 Å².